The van der Waals surface area contributed by atoms with Gasteiger partial charge in [-0.05, 0) is 86.4 Å². The molecule has 8 nitrogen and oxygen atoms in total. The van der Waals surface area contributed by atoms with Gasteiger partial charge in [-0.25, -0.2) is 4.79 Å². The Labute approximate surface area is 205 Å². The Morgan fingerprint density at radius 3 is 2.43 bits per heavy atom. The molecule has 1 aliphatic carbocycles. The van der Waals surface area contributed by atoms with E-state index >= 15 is 0 Å². The SMILES string of the molecule is CCN(c1ccc(C(CC(=O)O)C2CC2)cc1NC(=O)Nc1ccc(C#N)cc1)C1CCOCC1. The van der Waals surface area contributed by atoms with Crippen LogP contribution in [0.2, 0.25) is 0 Å². The number of ether oxygens (including phenoxy) is 1. The Balaban J connectivity index is 1.62. The van der Waals surface area contributed by atoms with Crippen molar-refractivity contribution in [3.63, 3.8) is 0 Å². The van der Waals surface area contributed by atoms with Crippen molar-refractivity contribution in [1.29, 1.82) is 5.26 Å². The molecule has 2 aromatic rings. The van der Waals surface area contributed by atoms with E-state index in [9.17, 15) is 14.7 Å². The zero-order chi connectivity index (χ0) is 24.8. The lowest BCUT2D eigenvalue weighted by atomic mass is 9.90. The van der Waals surface area contributed by atoms with Gasteiger partial charge >= 0.3 is 12.0 Å². The van der Waals surface area contributed by atoms with Gasteiger partial charge in [-0.1, -0.05) is 6.07 Å². The largest absolute Gasteiger partial charge is 0.481 e. The molecule has 35 heavy (non-hydrogen) atoms. The quantitative estimate of drug-likeness (QED) is 0.460. The summed E-state index contributed by atoms with van der Waals surface area (Å²) in [6.45, 7) is 4.30. The second kappa shape index (κ2) is 11.2. The summed E-state index contributed by atoms with van der Waals surface area (Å²) in [6, 6.07) is 14.6. The fraction of sp³-hybridized carbons (Fsp3) is 0.444. The first-order valence-electron chi connectivity index (χ1n) is 12.3. The minimum atomic E-state index is -0.809. The van der Waals surface area contributed by atoms with Gasteiger partial charge in [0.1, 0.15) is 0 Å². The van der Waals surface area contributed by atoms with E-state index in [1.165, 1.54) is 0 Å². The molecule has 0 bridgehead atoms. The number of urea groups is 1. The molecule has 1 saturated heterocycles. The van der Waals surface area contributed by atoms with Crippen molar-refractivity contribution < 1.29 is 19.4 Å². The third-order valence-electron chi connectivity index (χ3n) is 6.84. The van der Waals surface area contributed by atoms with Crippen LogP contribution in [0.15, 0.2) is 42.5 Å². The maximum atomic E-state index is 13.0. The zero-order valence-electron chi connectivity index (χ0n) is 20.0. The smallest absolute Gasteiger partial charge is 0.323 e. The molecule has 4 rings (SSSR count). The molecule has 2 aromatic carbocycles. The number of hydrogen-bond acceptors (Lipinski definition) is 5. The first-order chi connectivity index (χ1) is 17.0. The van der Waals surface area contributed by atoms with Crippen LogP contribution in [0, 0.1) is 17.2 Å². The van der Waals surface area contributed by atoms with Crippen LogP contribution in [0.5, 0.6) is 0 Å². The third kappa shape index (κ3) is 6.31. The zero-order valence-corrected chi connectivity index (χ0v) is 20.0. The lowest BCUT2D eigenvalue weighted by molar-refractivity contribution is -0.137. The number of rotatable bonds is 9. The molecule has 2 fully saturated rings. The number of carbonyl (C=O) groups excluding carboxylic acids is 1. The maximum absolute atomic E-state index is 13.0. The molecular formula is C27H32N4O4. The van der Waals surface area contributed by atoms with E-state index < -0.39 is 12.0 Å². The topological polar surface area (TPSA) is 115 Å². The lowest BCUT2D eigenvalue weighted by Gasteiger charge is -2.36. The van der Waals surface area contributed by atoms with Gasteiger partial charge < -0.3 is 25.4 Å². The van der Waals surface area contributed by atoms with Crippen LogP contribution in [0.4, 0.5) is 21.9 Å². The molecule has 1 unspecified atom stereocenters. The highest BCUT2D eigenvalue weighted by Crippen LogP contribution is 2.46. The molecule has 1 saturated carbocycles. The molecule has 1 heterocycles. The van der Waals surface area contributed by atoms with E-state index in [1.807, 2.05) is 18.2 Å². The lowest BCUT2D eigenvalue weighted by Crippen LogP contribution is -2.40. The summed E-state index contributed by atoms with van der Waals surface area (Å²) in [7, 11) is 0. The van der Waals surface area contributed by atoms with E-state index in [-0.39, 0.29) is 12.3 Å². The predicted molar refractivity (Wildman–Crippen MR) is 135 cm³/mol. The predicted octanol–water partition coefficient (Wildman–Crippen LogP) is 5.18. The molecule has 0 radical (unpaired) electrons. The number of anilines is 3. The highest BCUT2D eigenvalue weighted by Gasteiger charge is 2.34. The summed E-state index contributed by atoms with van der Waals surface area (Å²) in [5.41, 5.74) is 3.62. The summed E-state index contributed by atoms with van der Waals surface area (Å²) in [5, 5.41) is 24.3. The molecule has 2 amide bonds. The van der Waals surface area contributed by atoms with E-state index in [1.54, 1.807) is 24.3 Å². The summed E-state index contributed by atoms with van der Waals surface area (Å²) >= 11 is 0. The van der Waals surface area contributed by atoms with Crippen LogP contribution in [0.3, 0.4) is 0 Å². The summed E-state index contributed by atoms with van der Waals surface area (Å²) in [5.74, 6) is -0.506. The second-order valence-electron chi connectivity index (χ2n) is 9.22. The van der Waals surface area contributed by atoms with Crippen LogP contribution in [0.25, 0.3) is 0 Å². The van der Waals surface area contributed by atoms with Crippen molar-refractivity contribution in [2.24, 2.45) is 5.92 Å². The molecular weight excluding hydrogens is 444 g/mol. The average molecular weight is 477 g/mol. The number of hydrogen-bond donors (Lipinski definition) is 3. The summed E-state index contributed by atoms with van der Waals surface area (Å²) in [4.78, 5) is 26.8. The molecule has 2 aliphatic rings. The Morgan fingerprint density at radius 1 is 1.11 bits per heavy atom. The molecule has 1 atom stereocenters. The highest BCUT2D eigenvalue weighted by molar-refractivity contribution is 6.02. The van der Waals surface area contributed by atoms with Gasteiger partial charge in [0.25, 0.3) is 0 Å². The van der Waals surface area contributed by atoms with Gasteiger partial charge in [-0.15, -0.1) is 0 Å². The number of nitrogens with one attached hydrogen (secondary N) is 2. The Morgan fingerprint density at radius 2 is 1.83 bits per heavy atom. The minimum Gasteiger partial charge on any atom is -0.481 e. The fourth-order valence-corrected chi connectivity index (χ4v) is 4.91. The first-order valence-corrected chi connectivity index (χ1v) is 12.3. The first kappa shape index (κ1) is 24.6. The van der Waals surface area contributed by atoms with Crippen molar-refractivity contribution >= 4 is 29.1 Å². The van der Waals surface area contributed by atoms with Crippen LogP contribution in [0.1, 0.15) is 56.1 Å². The van der Waals surface area contributed by atoms with Crippen molar-refractivity contribution in [2.75, 3.05) is 35.3 Å². The number of carbonyl (C=O) groups is 2. The standard InChI is InChI=1S/C27H32N4O4/c1-2-31(22-11-13-35-14-12-22)25-10-7-20(23(16-26(32)33)19-5-6-19)15-24(25)30-27(34)29-21-8-3-18(17-28)4-9-21/h3-4,7-10,15,19,22-23H,2,5-6,11-14,16H2,1H3,(H,32,33)(H2,29,30,34). The number of aliphatic carboxylic acids is 1. The Hall–Kier alpha value is -3.57. The van der Waals surface area contributed by atoms with E-state index in [4.69, 9.17) is 10.00 Å². The van der Waals surface area contributed by atoms with Crippen molar-refractivity contribution in [1.82, 2.24) is 0 Å². The number of carboxylic acid groups (broad SMARTS) is 1. The molecule has 8 heteroatoms. The number of benzene rings is 2. The Kier molecular flexibility index (Phi) is 7.88. The fourth-order valence-electron chi connectivity index (χ4n) is 4.91. The van der Waals surface area contributed by atoms with E-state index in [2.05, 4.69) is 28.5 Å². The summed E-state index contributed by atoms with van der Waals surface area (Å²) < 4.78 is 5.55. The highest BCUT2D eigenvalue weighted by atomic mass is 16.5. The molecule has 0 spiro atoms. The molecule has 184 valence electrons. The molecule has 0 aromatic heterocycles. The van der Waals surface area contributed by atoms with E-state index in [0.717, 1.165) is 43.5 Å². The average Bonchev–Trinajstić information content (AvgIpc) is 3.70. The van der Waals surface area contributed by atoms with Crippen molar-refractivity contribution in [2.45, 2.75) is 51.0 Å². The van der Waals surface area contributed by atoms with Crippen LogP contribution in [-0.2, 0) is 9.53 Å². The van der Waals surface area contributed by atoms with Gasteiger partial charge in [0.05, 0.1) is 29.4 Å². The molecule has 3 N–H and O–H groups in total. The van der Waals surface area contributed by atoms with Crippen molar-refractivity contribution in [3.05, 3.63) is 53.6 Å². The van der Waals surface area contributed by atoms with Gasteiger partial charge in [-0.3, -0.25) is 4.79 Å². The second-order valence-corrected chi connectivity index (χ2v) is 9.22. The van der Waals surface area contributed by atoms with Gasteiger partial charge in [0, 0.05) is 31.5 Å². The number of amides is 2. The van der Waals surface area contributed by atoms with Crippen LogP contribution >= 0.6 is 0 Å². The Bertz CT molecular complexity index is 1090. The third-order valence-corrected chi connectivity index (χ3v) is 6.84. The summed E-state index contributed by atoms with van der Waals surface area (Å²) in [6.07, 6.45) is 3.97. The number of nitriles is 1. The van der Waals surface area contributed by atoms with Crippen LogP contribution in [-0.4, -0.2) is 42.9 Å². The van der Waals surface area contributed by atoms with Crippen molar-refractivity contribution in [3.8, 4) is 6.07 Å². The number of nitrogens with zero attached hydrogens (tertiary/aromatic N) is 2. The van der Waals surface area contributed by atoms with E-state index in [0.29, 0.717) is 42.1 Å². The number of carboxylic acids is 1. The van der Waals surface area contributed by atoms with Crippen LogP contribution < -0.4 is 15.5 Å². The minimum absolute atomic E-state index is 0.0677. The monoisotopic (exact) mass is 476 g/mol. The normalized spacial score (nSPS) is 16.7. The van der Waals surface area contributed by atoms with Gasteiger partial charge in [-0.2, -0.15) is 5.26 Å². The van der Waals surface area contributed by atoms with Gasteiger partial charge in [0.2, 0.25) is 0 Å². The molecule has 1 aliphatic heterocycles. The maximum Gasteiger partial charge on any atom is 0.323 e. The van der Waals surface area contributed by atoms with Gasteiger partial charge in [0.15, 0.2) is 0 Å².